The number of rotatable bonds is 4. The molecule has 2 unspecified atom stereocenters. The molecule has 15 heavy (non-hydrogen) atoms. The van der Waals surface area contributed by atoms with Gasteiger partial charge in [0.1, 0.15) is 0 Å². The summed E-state index contributed by atoms with van der Waals surface area (Å²) in [7, 11) is 4.14. The van der Waals surface area contributed by atoms with E-state index in [1.165, 1.54) is 11.1 Å². The summed E-state index contributed by atoms with van der Waals surface area (Å²) < 4.78 is 0. The molecule has 0 bridgehead atoms. The molecule has 0 spiro atoms. The Hall–Kier alpha value is -0.860. The lowest BCUT2D eigenvalue weighted by Gasteiger charge is -2.28. The molecule has 0 heterocycles. The highest BCUT2D eigenvalue weighted by atomic mass is 15.1. The van der Waals surface area contributed by atoms with Crippen LogP contribution in [-0.2, 0) is 6.42 Å². The first-order valence-corrected chi connectivity index (χ1v) is 5.57. The lowest BCUT2D eigenvalue weighted by atomic mass is 9.98. The molecular weight excluding hydrogens is 184 g/mol. The third-order valence-corrected chi connectivity index (χ3v) is 2.78. The van der Waals surface area contributed by atoms with Crippen LogP contribution in [0, 0.1) is 0 Å². The Bertz CT molecular complexity index is 280. The summed E-state index contributed by atoms with van der Waals surface area (Å²) in [5.74, 6) is 0. The summed E-state index contributed by atoms with van der Waals surface area (Å²) in [6.45, 7) is 4.22. The van der Waals surface area contributed by atoms with Crippen molar-refractivity contribution >= 4 is 0 Å². The predicted molar refractivity (Wildman–Crippen MR) is 65.9 cm³/mol. The summed E-state index contributed by atoms with van der Waals surface area (Å²) in [6, 6.07) is 9.20. The molecule has 2 N–H and O–H groups in total. The van der Waals surface area contributed by atoms with Crippen molar-refractivity contribution in [3.63, 3.8) is 0 Å². The Morgan fingerprint density at radius 3 is 2.07 bits per heavy atom. The predicted octanol–water partition coefficient (Wildman–Crippen LogP) is 2.20. The van der Waals surface area contributed by atoms with E-state index in [-0.39, 0.29) is 6.04 Å². The Morgan fingerprint density at radius 2 is 1.73 bits per heavy atom. The van der Waals surface area contributed by atoms with Crippen molar-refractivity contribution in [1.82, 2.24) is 4.90 Å². The van der Waals surface area contributed by atoms with E-state index in [1.807, 2.05) is 0 Å². The van der Waals surface area contributed by atoms with Crippen LogP contribution >= 0.6 is 0 Å². The van der Waals surface area contributed by atoms with Gasteiger partial charge in [-0.25, -0.2) is 0 Å². The van der Waals surface area contributed by atoms with E-state index < -0.39 is 0 Å². The smallest absolute Gasteiger partial charge is 0.0491 e. The normalized spacial score (nSPS) is 15.3. The minimum Gasteiger partial charge on any atom is -0.326 e. The van der Waals surface area contributed by atoms with Gasteiger partial charge in [0.25, 0.3) is 0 Å². The van der Waals surface area contributed by atoms with Crippen LogP contribution in [0.1, 0.15) is 31.0 Å². The highest BCUT2D eigenvalue weighted by Crippen LogP contribution is 2.21. The van der Waals surface area contributed by atoms with Gasteiger partial charge in [-0.15, -0.1) is 0 Å². The van der Waals surface area contributed by atoms with Crippen LogP contribution in [0.4, 0.5) is 0 Å². The van der Waals surface area contributed by atoms with E-state index >= 15 is 0 Å². The van der Waals surface area contributed by atoms with Gasteiger partial charge in [0.2, 0.25) is 0 Å². The van der Waals surface area contributed by atoms with Crippen molar-refractivity contribution in [3.05, 3.63) is 35.4 Å². The SMILES string of the molecule is CCc1ccc(C(C(C)N)N(C)C)cc1. The first-order chi connectivity index (χ1) is 7.06. The number of aryl methyl sites for hydroxylation is 1. The molecule has 2 heteroatoms. The van der Waals surface area contributed by atoms with E-state index in [4.69, 9.17) is 5.73 Å². The molecular formula is C13H22N2. The summed E-state index contributed by atoms with van der Waals surface area (Å²) in [5, 5.41) is 0. The molecule has 0 amide bonds. The average molecular weight is 206 g/mol. The largest absolute Gasteiger partial charge is 0.326 e. The molecule has 0 saturated heterocycles. The van der Waals surface area contributed by atoms with Crippen LogP contribution in [0.2, 0.25) is 0 Å². The molecule has 0 aromatic heterocycles. The summed E-state index contributed by atoms with van der Waals surface area (Å²) in [6.07, 6.45) is 1.09. The van der Waals surface area contributed by atoms with Gasteiger partial charge < -0.3 is 10.6 Å². The molecule has 1 aromatic carbocycles. The highest BCUT2D eigenvalue weighted by molar-refractivity contribution is 5.25. The van der Waals surface area contributed by atoms with E-state index in [2.05, 4.69) is 57.1 Å². The average Bonchev–Trinajstić information content (AvgIpc) is 2.18. The second-order valence-corrected chi connectivity index (χ2v) is 4.36. The van der Waals surface area contributed by atoms with Crippen molar-refractivity contribution in [2.45, 2.75) is 32.4 Å². The van der Waals surface area contributed by atoms with Gasteiger partial charge in [-0.05, 0) is 38.6 Å². The maximum Gasteiger partial charge on any atom is 0.0491 e. The second kappa shape index (κ2) is 5.29. The van der Waals surface area contributed by atoms with Crippen molar-refractivity contribution in [2.75, 3.05) is 14.1 Å². The zero-order valence-corrected chi connectivity index (χ0v) is 10.2. The third-order valence-electron chi connectivity index (χ3n) is 2.78. The van der Waals surface area contributed by atoms with Crippen LogP contribution < -0.4 is 5.73 Å². The van der Waals surface area contributed by atoms with Crippen molar-refractivity contribution < 1.29 is 0 Å². The topological polar surface area (TPSA) is 29.3 Å². The minimum atomic E-state index is 0.146. The van der Waals surface area contributed by atoms with Crippen LogP contribution in [0.25, 0.3) is 0 Å². The van der Waals surface area contributed by atoms with Gasteiger partial charge in [0.15, 0.2) is 0 Å². The number of hydrogen-bond donors (Lipinski definition) is 1. The van der Waals surface area contributed by atoms with Gasteiger partial charge in [0, 0.05) is 12.1 Å². The lowest BCUT2D eigenvalue weighted by molar-refractivity contribution is 0.266. The summed E-state index contributed by atoms with van der Waals surface area (Å²) >= 11 is 0. The Morgan fingerprint density at radius 1 is 1.20 bits per heavy atom. The first kappa shape index (κ1) is 12.2. The van der Waals surface area contributed by atoms with E-state index in [0.717, 1.165) is 6.42 Å². The maximum atomic E-state index is 6.00. The van der Waals surface area contributed by atoms with Crippen molar-refractivity contribution in [2.24, 2.45) is 5.73 Å². The van der Waals surface area contributed by atoms with Gasteiger partial charge in [-0.3, -0.25) is 0 Å². The highest BCUT2D eigenvalue weighted by Gasteiger charge is 2.17. The van der Waals surface area contributed by atoms with Crippen molar-refractivity contribution in [1.29, 1.82) is 0 Å². The van der Waals surface area contributed by atoms with Gasteiger partial charge in [0.05, 0.1) is 0 Å². The molecule has 0 aliphatic heterocycles. The molecule has 0 aliphatic rings. The second-order valence-electron chi connectivity index (χ2n) is 4.36. The summed E-state index contributed by atoms with van der Waals surface area (Å²) in [4.78, 5) is 2.17. The molecule has 0 saturated carbocycles. The van der Waals surface area contributed by atoms with Gasteiger partial charge in [-0.1, -0.05) is 31.2 Å². The van der Waals surface area contributed by atoms with Crippen molar-refractivity contribution in [3.8, 4) is 0 Å². The zero-order valence-electron chi connectivity index (χ0n) is 10.2. The van der Waals surface area contributed by atoms with E-state index in [1.54, 1.807) is 0 Å². The van der Waals surface area contributed by atoms with Crippen LogP contribution in [0.5, 0.6) is 0 Å². The zero-order chi connectivity index (χ0) is 11.4. The molecule has 0 fully saturated rings. The molecule has 0 aliphatic carbocycles. The number of likely N-dealkylation sites (N-methyl/N-ethyl adjacent to an activating group) is 1. The Balaban J connectivity index is 2.92. The van der Waals surface area contributed by atoms with Crippen LogP contribution in [0.15, 0.2) is 24.3 Å². The van der Waals surface area contributed by atoms with E-state index in [0.29, 0.717) is 6.04 Å². The summed E-state index contributed by atoms with van der Waals surface area (Å²) in [5.41, 5.74) is 8.67. The van der Waals surface area contributed by atoms with Gasteiger partial charge >= 0.3 is 0 Å². The molecule has 1 rings (SSSR count). The number of nitrogens with two attached hydrogens (primary N) is 1. The lowest BCUT2D eigenvalue weighted by Crippen LogP contribution is -2.35. The number of hydrogen-bond acceptors (Lipinski definition) is 2. The first-order valence-electron chi connectivity index (χ1n) is 5.57. The maximum absolute atomic E-state index is 6.00. The molecule has 0 radical (unpaired) electrons. The minimum absolute atomic E-state index is 0.146. The fraction of sp³-hybridized carbons (Fsp3) is 0.538. The fourth-order valence-electron chi connectivity index (χ4n) is 2.02. The monoisotopic (exact) mass is 206 g/mol. The Kier molecular flexibility index (Phi) is 4.30. The van der Waals surface area contributed by atoms with Crippen LogP contribution in [0.3, 0.4) is 0 Å². The van der Waals surface area contributed by atoms with E-state index in [9.17, 15) is 0 Å². The third kappa shape index (κ3) is 3.05. The Labute approximate surface area is 93.1 Å². The molecule has 2 nitrogen and oxygen atoms in total. The molecule has 2 atom stereocenters. The standard InChI is InChI=1S/C13H22N2/c1-5-11-6-8-12(9-7-11)13(10(2)14)15(3)4/h6-10,13H,5,14H2,1-4H3. The van der Waals surface area contributed by atoms with Crippen LogP contribution in [-0.4, -0.2) is 25.0 Å². The number of benzene rings is 1. The molecule has 1 aromatic rings. The fourth-order valence-corrected chi connectivity index (χ4v) is 2.02. The van der Waals surface area contributed by atoms with Gasteiger partial charge in [-0.2, -0.15) is 0 Å². The molecule has 84 valence electrons. The quantitative estimate of drug-likeness (QED) is 0.818. The number of nitrogens with zero attached hydrogens (tertiary/aromatic N) is 1.